The van der Waals surface area contributed by atoms with Gasteiger partial charge in [0.15, 0.2) is 0 Å². The van der Waals surface area contributed by atoms with E-state index in [1.165, 1.54) is 42.5 Å². The van der Waals surface area contributed by atoms with E-state index in [9.17, 15) is 17.6 Å². The second-order valence-corrected chi connectivity index (χ2v) is 8.00. The summed E-state index contributed by atoms with van der Waals surface area (Å²) in [6.07, 6.45) is 5.31. The maximum atomic E-state index is 13.3. The molecule has 26 heavy (non-hydrogen) atoms. The number of sulfonamides is 1. The molecule has 0 atom stereocenters. The summed E-state index contributed by atoms with van der Waals surface area (Å²) in [5.74, 6) is 1.46. The molecule has 0 unspecified atom stereocenters. The fraction of sp³-hybridized carbons (Fsp3) is 0.211. The molecule has 0 saturated carbocycles. The molecule has 0 fully saturated rings. The van der Waals surface area contributed by atoms with E-state index in [1.807, 2.05) is 0 Å². The minimum absolute atomic E-state index is 0.0799. The van der Waals surface area contributed by atoms with Crippen molar-refractivity contribution in [2.45, 2.75) is 31.2 Å². The van der Waals surface area contributed by atoms with Crippen molar-refractivity contribution in [2.75, 3.05) is 5.32 Å². The molecule has 0 spiro atoms. The molecule has 0 heterocycles. The smallest absolute Gasteiger partial charge is 0.255 e. The Balaban J connectivity index is 2.27. The van der Waals surface area contributed by atoms with Crippen LogP contribution in [0.25, 0.3) is 0 Å². The van der Waals surface area contributed by atoms with Gasteiger partial charge in [0.1, 0.15) is 5.82 Å². The molecule has 0 radical (unpaired) electrons. The first-order valence-corrected chi connectivity index (χ1v) is 9.22. The fourth-order valence-corrected chi connectivity index (χ4v) is 3.54. The van der Waals surface area contributed by atoms with Gasteiger partial charge in [0.2, 0.25) is 10.0 Å². The number of anilines is 1. The maximum Gasteiger partial charge on any atom is 0.255 e. The Labute approximate surface area is 152 Å². The minimum Gasteiger partial charge on any atom is -0.322 e. The highest BCUT2D eigenvalue weighted by Gasteiger charge is 2.24. The molecule has 2 aromatic carbocycles. The van der Waals surface area contributed by atoms with E-state index in [4.69, 9.17) is 6.42 Å². The minimum atomic E-state index is -3.89. The molecule has 2 aromatic rings. The van der Waals surface area contributed by atoms with Crippen LogP contribution in [0.4, 0.5) is 10.1 Å². The number of halogens is 1. The summed E-state index contributed by atoms with van der Waals surface area (Å²) >= 11 is 0. The zero-order valence-corrected chi connectivity index (χ0v) is 15.4. The summed E-state index contributed by atoms with van der Waals surface area (Å²) in [7, 11) is -3.89. The fourth-order valence-electron chi connectivity index (χ4n) is 2.15. The zero-order chi connectivity index (χ0) is 19.5. The largest absolute Gasteiger partial charge is 0.322 e. The first-order valence-electron chi connectivity index (χ1n) is 7.73. The van der Waals surface area contributed by atoms with Gasteiger partial charge in [-0.3, -0.25) is 4.79 Å². The number of hydrogen-bond donors (Lipinski definition) is 2. The molecule has 1 amide bonds. The molecular formula is C19H19FN2O3S. The molecular weight excluding hydrogens is 355 g/mol. The van der Waals surface area contributed by atoms with Crippen LogP contribution in [0.3, 0.4) is 0 Å². The lowest BCUT2D eigenvalue weighted by atomic mass is 10.1. The highest BCUT2D eigenvalue weighted by Crippen LogP contribution is 2.17. The highest BCUT2D eigenvalue weighted by molar-refractivity contribution is 7.89. The number of amides is 1. The molecule has 136 valence electrons. The maximum absolute atomic E-state index is 13.3. The van der Waals surface area contributed by atoms with E-state index in [0.717, 1.165) is 0 Å². The van der Waals surface area contributed by atoms with Crippen LogP contribution in [0, 0.1) is 25.1 Å². The first kappa shape index (κ1) is 19.6. The Bertz CT molecular complexity index is 992. The summed E-state index contributed by atoms with van der Waals surface area (Å²) in [6.45, 7) is 4.69. The van der Waals surface area contributed by atoms with E-state index < -0.39 is 21.5 Å². The van der Waals surface area contributed by atoms with Gasteiger partial charge in [0.05, 0.1) is 10.4 Å². The van der Waals surface area contributed by atoms with Crippen molar-refractivity contribution in [3.05, 3.63) is 59.4 Å². The first-order chi connectivity index (χ1) is 12.0. The third-order valence-electron chi connectivity index (χ3n) is 3.57. The summed E-state index contributed by atoms with van der Waals surface area (Å²) < 4.78 is 40.6. The van der Waals surface area contributed by atoms with Crippen molar-refractivity contribution in [1.29, 1.82) is 0 Å². The zero-order valence-electron chi connectivity index (χ0n) is 14.6. The van der Waals surface area contributed by atoms with Crippen molar-refractivity contribution in [3.8, 4) is 12.3 Å². The van der Waals surface area contributed by atoms with Crippen LogP contribution in [-0.4, -0.2) is 19.9 Å². The quantitative estimate of drug-likeness (QED) is 0.790. The Hall–Kier alpha value is -2.69. The molecule has 0 saturated heterocycles. The number of terminal acetylenes is 1. The van der Waals surface area contributed by atoms with Crippen LogP contribution in [0.15, 0.2) is 47.4 Å². The number of benzene rings is 2. The second-order valence-electron chi connectivity index (χ2n) is 6.32. The monoisotopic (exact) mass is 374 g/mol. The third-order valence-corrected chi connectivity index (χ3v) is 5.23. The predicted molar refractivity (Wildman–Crippen MR) is 98.8 cm³/mol. The number of carbonyl (C=O) groups is 1. The predicted octanol–water partition coefficient (Wildman–Crippen LogP) is 3.08. The molecule has 7 heteroatoms. The summed E-state index contributed by atoms with van der Waals surface area (Å²) in [6, 6.07) is 9.73. The molecule has 0 bridgehead atoms. The average Bonchev–Trinajstić information content (AvgIpc) is 2.57. The van der Waals surface area contributed by atoms with E-state index in [2.05, 4.69) is 16.0 Å². The van der Waals surface area contributed by atoms with E-state index >= 15 is 0 Å². The molecule has 0 aliphatic carbocycles. The number of nitrogens with one attached hydrogen (secondary N) is 2. The Morgan fingerprint density at radius 1 is 1.19 bits per heavy atom. The van der Waals surface area contributed by atoms with Crippen LogP contribution in [0.1, 0.15) is 29.8 Å². The van der Waals surface area contributed by atoms with Gasteiger partial charge in [-0.2, -0.15) is 4.72 Å². The summed E-state index contributed by atoms with van der Waals surface area (Å²) in [5, 5.41) is 2.61. The van der Waals surface area contributed by atoms with E-state index in [-0.39, 0.29) is 16.3 Å². The van der Waals surface area contributed by atoms with Crippen LogP contribution in [-0.2, 0) is 10.0 Å². The average molecular weight is 374 g/mol. The van der Waals surface area contributed by atoms with Crippen LogP contribution < -0.4 is 10.0 Å². The van der Waals surface area contributed by atoms with Gasteiger partial charge < -0.3 is 5.32 Å². The van der Waals surface area contributed by atoms with Crippen molar-refractivity contribution < 1.29 is 17.6 Å². The summed E-state index contributed by atoms with van der Waals surface area (Å²) in [4.78, 5) is 12.3. The van der Waals surface area contributed by atoms with Gasteiger partial charge >= 0.3 is 0 Å². The lowest BCUT2D eigenvalue weighted by Gasteiger charge is -2.19. The normalized spacial score (nSPS) is 11.7. The Morgan fingerprint density at radius 2 is 1.88 bits per heavy atom. The molecule has 0 aliphatic heterocycles. The van der Waals surface area contributed by atoms with Crippen LogP contribution in [0.2, 0.25) is 0 Å². The number of aryl methyl sites for hydroxylation is 1. The third kappa shape index (κ3) is 4.69. The van der Waals surface area contributed by atoms with E-state index in [1.54, 1.807) is 20.8 Å². The van der Waals surface area contributed by atoms with Crippen molar-refractivity contribution in [3.63, 3.8) is 0 Å². The lowest BCUT2D eigenvalue weighted by Crippen LogP contribution is -2.42. The standard InChI is InChI=1S/C19H19FN2O3S/c1-5-19(3,4)22-26(24,25)16-8-6-7-14(12-16)18(23)21-15-9-10-17(20)13(2)11-15/h1,6-12,22H,2-4H3,(H,21,23). The second kappa shape index (κ2) is 7.28. The van der Waals surface area contributed by atoms with Gasteiger partial charge in [-0.15, -0.1) is 6.42 Å². The topological polar surface area (TPSA) is 75.3 Å². The van der Waals surface area contributed by atoms with E-state index in [0.29, 0.717) is 11.3 Å². The number of rotatable bonds is 5. The SMILES string of the molecule is C#CC(C)(C)NS(=O)(=O)c1cccc(C(=O)Nc2ccc(F)c(C)c2)c1. The van der Waals surface area contributed by atoms with Crippen LogP contribution >= 0.6 is 0 Å². The highest BCUT2D eigenvalue weighted by atomic mass is 32.2. The van der Waals surface area contributed by atoms with Gasteiger partial charge in [-0.25, -0.2) is 12.8 Å². The van der Waals surface area contributed by atoms with Crippen LogP contribution in [0.5, 0.6) is 0 Å². The Kier molecular flexibility index (Phi) is 5.50. The lowest BCUT2D eigenvalue weighted by molar-refractivity contribution is 0.102. The molecule has 5 nitrogen and oxygen atoms in total. The molecule has 0 aliphatic rings. The van der Waals surface area contributed by atoms with Gasteiger partial charge in [-0.05, 0) is 62.7 Å². The van der Waals surface area contributed by atoms with Gasteiger partial charge in [0.25, 0.3) is 5.91 Å². The molecule has 0 aromatic heterocycles. The molecule has 2 rings (SSSR count). The van der Waals surface area contributed by atoms with Crippen molar-refractivity contribution in [2.24, 2.45) is 0 Å². The molecule has 2 N–H and O–H groups in total. The Morgan fingerprint density at radius 3 is 2.50 bits per heavy atom. The summed E-state index contributed by atoms with van der Waals surface area (Å²) in [5.41, 5.74) is -0.120. The number of hydrogen-bond acceptors (Lipinski definition) is 3. The van der Waals surface area contributed by atoms with Gasteiger partial charge in [-0.1, -0.05) is 12.0 Å². The van der Waals surface area contributed by atoms with Crippen molar-refractivity contribution >= 4 is 21.6 Å². The van der Waals surface area contributed by atoms with Crippen molar-refractivity contribution in [1.82, 2.24) is 4.72 Å². The van der Waals surface area contributed by atoms with Gasteiger partial charge in [0, 0.05) is 11.3 Å². The number of carbonyl (C=O) groups excluding carboxylic acids is 1.